The third kappa shape index (κ3) is 9.99. The Bertz CT molecular complexity index is 1740. The van der Waals surface area contributed by atoms with Gasteiger partial charge < -0.3 is 24.8 Å². The number of hydrogen-bond acceptors (Lipinski definition) is 8. The molecule has 10 nitrogen and oxygen atoms in total. The van der Waals surface area contributed by atoms with Gasteiger partial charge in [0.05, 0.1) is 44.0 Å². The van der Waals surface area contributed by atoms with E-state index in [-0.39, 0.29) is 24.1 Å². The molecular weight excluding hydrogens is 653 g/mol. The fourth-order valence-corrected chi connectivity index (χ4v) is 6.82. The first-order chi connectivity index (χ1) is 23.9. The standard InChI is InChI=1S/C39H46N4O6S/c1-26-25-50-34(40-26)23-42(5)37(46)30-18-12-17-29(20-30)36(45)41-32(19-27-13-8-6-9-14-27)35(44)33-21-31(48-24-28-15-10-7-11-16-28)22-43(33)38(47)49-39(2,3)4/h6-18,20,25,31-33,35,44H,19,21-24H2,1-5H3,(H,41,45)/t31-,32+,33-,35+/m1/s1. The van der Waals surface area contributed by atoms with Crippen LogP contribution in [-0.4, -0.2) is 81.3 Å². The van der Waals surface area contributed by atoms with Crippen molar-refractivity contribution in [2.75, 3.05) is 13.6 Å². The second kappa shape index (κ2) is 16.4. The monoisotopic (exact) mass is 698 g/mol. The molecule has 264 valence electrons. The highest BCUT2D eigenvalue weighted by atomic mass is 32.1. The van der Waals surface area contributed by atoms with Crippen LogP contribution in [0.5, 0.6) is 0 Å². The number of aliphatic hydroxyl groups excluding tert-OH is 1. The molecule has 0 radical (unpaired) electrons. The fraction of sp³-hybridized carbons (Fsp3) is 0.385. The molecule has 4 atom stereocenters. The minimum atomic E-state index is -1.17. The second-order valence-corrected chi connectivity index (χ2v) is 14.7. The predicted molar refractivity (Wildman–Crippen MR) is 193 cm³/mol. The number of amides is 3. The van der Waals surface area contributed by atoms with Crippen molar-refractivity contribution >= 4 is 29.2 Å². The van der Waals surface area contributed by atoms with E-state index in [2.05, 4.69) is 10.3 Å². The Morgan fingerprint density at radius 3 is 2.30 bits per heavy atom. The minimum absolute atomic E-state index is 0.230. The van der Waals surface area contributed by atoms with Crippen molar-refractivity contribution < 1.29 is 29.0 Å². The van der Waals surface area contributed by atoms with Gasteiger partial charge in [-0.25, -0.2) is 9.78 Å². The van der Waals surface area contributed by atoms with Crippen LogP contribution in [0.1, 0.15) is 69.7 Å². The highest BCUT2D eigenvalue weighted by molar-refractivity contribution is 7.09. The van der Waals surface area contributed by atoms with Crippen LogP contribution in [0.4, 0.5) is 4.79 Å². The second-order valence-electron chi connectivity index (χ2n) is 13.7. The fourth-order valence-electron chi connectivity index (χ4n) is 6.00. The molecule has 3 aromatic carbocycles. The van der Waals surface area contributed by atoms with Gasteiger partial charge >= 0.3 is 6.09 Å². The molecule has 0 aliphatic carbocycles. The van der Waals surface area contributed by atoms with Crippen LogP contribution in [0.2, 0.25) is 0 Å². The van der Waals surface area contributed by atoms with E-state index < -0.39 is 35.8 Å². The number of thiazole rings is 1. The van der Waals surface area contributed by atoms with Gasteiger partial charge in [-0.3, -0.25) is 14.5 Å². The van der Waals surface area contributed by atoms with Crippen molar-refractivity contribution in [3.63, 3.8) is 0 Å². The summed E-state index contributed by atoms with van der Waals surface area (Å²) in [6, 6.07) is 24.4. The summed E-state index contributed by atoms with van der Waals surface area (Å²) in [4.78, 5) is 48.2. The summed E-state index contributed by atoms with van der Waals surface area (Å²) >= 11 is 1.49. The lowest BCUT2D eigenvalue weighted by Gasteiger charge is -2.34. The Hall–Kier alpha value is -4.58. The molecule has 1 aliphatic rings. The summed E-state index contributed by atoms with van der Waals surface area (Å²) < 4.78 is 12.0. The molecule has 0 unspecified atom stereocenters. The molecule has 1 aromatic heterocycles. The van der Waals surface area contributed by atoms with Gasteiger partial charge in [-0.1, -0.05) is 66.7 Å². The van der Waals surface area contributed by atoms with Gasteiger partial charge in [0.1, 0.15) is 10.6 Å². The number of ether oxygens (including phenoxy) is 2. The van der Waals surface area contributed by atoms with E-state index in [1.54, 1.807) is 57.0 Å². The molecule has 0 spiro atoms. The summed E-state index contributed by atoms with van der Waals surface area (Å²) in [7, 11) is 1.70. The summed E-state index contributed by atoms with van der Waals surface area (Å²) in [6.45, 7) is 8.24. The third-order valence-corrected chi connectivity index (χ3v) is 9.39. The Kier molecular flexibility index (Phi) is 12.0. The zero-order valence-corrected chi connectivity index (χ0v) is 30.1. The van der Waals surface area contributed by atoms with Gasteiger partial charge in [-0.15, -0.1) is 11.3 Å². The Balaban J connectivity index is 1.36. The first-order valence-corrected chi connectivity index (χ1v) is 17.7. The van der Waals surface area contributed by atoms with Crippen molar-refractivity contribution in [1.82, 2.24) is 20.1 Å². The van der Waals surface area contributed by atoms with E-state index in [1.807, 2.05) is 73.0 Å². The largest absolute Gasteiger partial charge is 0.444 e. The van der Waals surface area contributed by atoms with E-state index in [1.165, 1.54) is 16.2 Å². The molecule has 5 rings (SSSR count). The smallest absolute Gasteiger partial charge is 0.410 e. The summed E-state index contributed by atoms with van der Waals surface area (Å²) in [6.07, 6.45) is -1.43. The number of likely N-dealkylation sites (tertiary alicyclic amines) is 1. The van der Waals surface area contributed by atoms with Crippen LogP contribution in [-0.2, 0) is 29.0 Å². The molecule has 0 saturated carbocycles. The Morgan fingerprint density at radius 2 is 1.66 bits per heavy atom. The molecule has 1 saturated heterocycles. The summed E-state index contributed by atoms with van der Waals surface area (Å²) in [5.41, 5.74) is 2.69. The van der Waals surface area contributed by atoms with E-state index in [0.717, 1.165) is 21.8 Å². The summed E-state index contributed by atoms with van der Waals surface area (Å²) in [5, 5.41) is 17.9. The maximum Gasteiger partial charge on any atom is 0.410 e. The number of nitrogens with one attached hydrogen (secondary N) is 1. The molecule has 1 fully saturated rings. The number of aliphatic hydroxyl groups is 1. The van der Waals surface area contributed by atoms with Gasteiger partial charge in [0.15, 0.2) is 0 Å². The number of hydrogen-bond donors (Lipinski definition) is 2. The normalized spacial score (nSPS) is 17.2. The zero-order valence-electron chi connectivity index (χ0n) is 29.2. The molecular formula is C39H46N4O6S. The lowest BCUT2D eigenvalue weighted by atomic mass is 9.94. The first-order valence-electron chi connectivity index (χ1n) is 16.8. The van der Waals surface area contributed by atoms with Gasteiger partial charge in [-0.05, 0) is 69.9 Å². The number of aryl methyl sites for hydroxylation is 1. The van der Waals surface area contributed by atoms with Crippen molar-refractivity contribution in [3.05, 3.63) is 123 Å². The number of carbonyl (C=O) groups excluding carboxylic acids is 3. The van der Waals surface area contributed by atoms with Crippen LogP contribution in [0.15, 0.2) is 90.3 Å². The van der Waals surface area contributed by atoms with Gasteiger partial charge in [0.2, 0.25) is 0 Å². The number of nitrogens with zero attached hydrogens (tertiary/aromatic N) is 3. The van der Waals surface area contributed by atoms with Crippen molar-refractivity contribution in [3.8, 4) is 0 Å². The zero-order chi connectivity index (χ0) is 35.8. The molecule has 0 bridgehead atoms. The van der Waals surface area contributed by atoms with E-state index >= 15 is 0 Å². The number of rotatable bonds is 12. The minimum Gasteiger partial charge on any atom is -0.444 e. The van der Waals surface area contributed by atoms with Crippen LogP contribution in [0, 0.1) is 6.92 Å². The quantitative estimate of drug-likeness (QED) is 0.186. The molecule has 3 amide bonds. The van der Waals surface area contributed by atoms with Gasteiger partial charge in [0.25, 0.3) is 11.8 Å². The van der Waals surface area contributed by atoms with Crippen LogP contribution in [0.25, 0.3) is 0 Å². The van der Waals surface area contributed by atoms with E-state index in [0.29, 0.717) is 31.6 Å². The van der Waals surface area contributed by atoms with Crippen molar-refractivity contribution in [2.24, 2.45) is 0 Å². The van der Waals surface area contributed by atoms with E-state index in [4.69, 9.17) is 9.47 Å². The highest BCUT2D eigenvalue weighted by Crippen LogP contribution is 2.28. The Labute approximate surface area is 298 Å². The average Bonchev–Trinajstić information content (AvgIpc) is 3.72. The van der Waals surface area contributed by atoms with E-state index in [9.17, 15) is 19.5 Å². The van der Waals surface area contributed by atoms with Crippen LogP contribution in [0.3, 0.4) is 0 Å². The summed E-state index contributed by atoms with van der Waals surface area (Å²) in [5.74, 6) is -0.689. The van der Waals surface area contributed by atoms with Crippen molar-refractivity contribution in [2.45, 2.75) is 83.6 Å². The molecule has 4 aromatic rings. The average molecular weight is 699 g/mol. The predicted octanol–water partition coefficient (Wildman–Crippen LogP) is 6.02. The first kappa shape index (κ1) is 36.7. The number of carbonyl (C=O) groups is 3. The van der Waals surface area contributed by atoms with Gasteiger partial charge in [0, 0.05) is 29.2 Å². The lowest BCUT2D eigenvalue weighted by molar-refractivity contribution is -0.00248. The van der Waals surface area contributed by atoms with Gasteiger partial charge in [-0.2, -0.15) is 0 Å². The number of benzene rings is 3. The number of aromatic nitrogens is 1. The molecule has 2 N–H and O–H groups in total. The topological polar surface area (TPSA) is 121 Å². The maximum atomic E-state index is 13.8. The molecule has 50 heavy (non-hydrogen) atoms. The molecule has 2 heterocycles. The van der Waals surface area contributed by atoms with Crippen LogP contribution < -0.4 is 5.32 Å². The third-order valence-electron chi connectivity index (χ3n) is 8.44. The molecule has 1 aliphatic heterocycles. The highest BCUT2D eigenvalue weighted by Gasteiger charge is 2.44. The maximum absolute atomic E-state index is 13.8. The molecule has 11 heteroatoms. The SMILES string of the molecule is Cc1csc(CN(C)C(=O)c2cccc(C(=O)N[C@@H](Cc3ccccc3)[C@H](O)[C@H]3C[C@@H](OCc4ccccc4)CN3C(=O)OC(C)(C)C)c2)n1. The Morgan fingerprint density at radius 1 is 1.00 bits per heavy atom. The lowest BCUT2D eigenvalue weighted by Crippen LogP contribution is -2.54. The van der Waals surface area contributed by atoms with Crippen LogP contribution >= 0.6 is 11.3 Å². The van der Waals surface area contributed by atoms with Crippen molar-refractivity contribution in [1.29, 1.82) is 0 Å².